The number of piperidine rings is 1. The summed E-state index contributed by atoms with van der Waals surface area (Å²) in [6, 6.07) is 10.6. The molecule has 0 radical (unpaired) electrons. The molecule has 2 aromatic rings. The van der Waals surface area contributed by atoms with Gasteiger partial charge in [-0.2, -0.15) is 0 Å². The third kappa shape index (κ3) is 5.04. The molecular formula is C24H32N2O4S. The van der Waals surface area contributed by atoms with E-state index in [2.05, 4.69) is 35.3 Å². The van der Waals surface area contributed by atoms with Crippen molar-refractivity contribution in [1.82, 2.24) is 9.88 Å². The summed E-state index contributed by atoms with van der Waals surface area (Å²) in [5.41, 5.74) is 2.31. The van der Waals surface area contributed by atoms with Crippen molar-refractivity contribution in [3.63, 3.8) is 0 Å². The molecule has 2 atom stereocenters. The summed E-state index contributed by atoms with van der Waals surface area (Å²) < 4.78 is 11.5. The Labute approximate surface area is 188 Å². The lowest BCUT2D eigenvalue weighted by atomic mass is 9.82. The second kappa shape index (κ2) is 10.0. The zero-order valence-corrected chi connectivity index (χ0v) is 19.1. The first kappa shape index (κ1) is 22.1. The number of hydrogen-bond acceptors (Lipinski definition) is 6. The van der Waals surface area contributed by atoms with Crippen molar-refractivity contribution in [3.8, 4) is 5.19 Å². The number of aromatic hydroxyl groups is 1. The Morgan fingerprint density at radius 2 is 1.94 bits per heavy atom. The summed E-state index contributed by atoms with van der Waals surface area (Å²) in [6.07, 6.45) is 6.03. The molecule has 7 heteroatoms. The number of ether oxygens (including phenoxy) is 2. The lowest BCUT2D eigenvalue weighted by Gasteiger charge is -2.41. The topological polar surface area (TPSA) is 71.9 Å². The maximum Gasteiger partial charge on any atom is 0.409 e. The van der Waals surface area contributed by atoms with Crippen molar-refractivity contribution in [2.45, 2.75) is 69.4 Å². The first-order valence-electron chi connectivity index (χ1n) is 11.2. The summed E-state index contributed by atoms with van der Waals surface area (Å²) >= 11 is 1.29. The van der Waals surface area contributed by atoms with Crippen LogP contribution in [0.4, 0.5) is 4.79 Å². The van der Waals surface area contributed by atoms with Crippen LogP contribution in [0.15, 0.2) is 30.3 Å². The van der Waals surface area contributed by atoms with Gasteiger partial charge in [-0.3, -0.25) is 0 Å². The molecule has 1 aromatic carbocycles. The first-order valence-corrected chi connectivity index (χ1v) is 12.1. The molecule has 1 aliphatic heterocycles. The number of thiazole rings is 1. The number of benzene rings is 1. The maximum atomic E-state index is 12.5. The molecule has 6 nitrogen and oxygen atoms in total. The number of carbonyl (C=O) groups excluding carboxylic acids is 1. The number of aryl methyl sites for hydroxylation is 1. The number of rotatable bonds is 5. The summed E-state index contributed by atoms with van der Waals surface area (Å²) in [5.74, 6) is 0.654. The Morgan fingerprint density at radius 3 is 2.58 bits per heavy atom. The molecule has 1 N–H and O–H groups in total. The highest BCUT2D eigenvalue weighted by Crippen LogP contribution is 2.39. The average molecular weight is 445 g/mol. The molecule has 2 aliphatic rings. The third-order valence-electron chi connectivity index (χ3n) is 6.81. The minimum Gasteiger partial charge on any atom is -0.486 e. The zero-order valence-electron chi connectivity index (χ0n) is 18.3. The van der Waals surface area contributed by atoms with Gasteiger partial charge in [0.05, 0.1) is 31.6 Å². The average Bonchev–Trinajstić information content (AvgIpc) is 3.15. The van der Waals surface area contributed by atoms with E-state index in [1.807, 2.05) is 6.92 Å². The van der Waals surface area contributed by atoms with E-state index in [4.69, 9.17) is 9.47 Å². The van der Waals surface area contributed by atoms with Gasteiger partial charge in [-0.05, 0) is 56.9 Å². The van der Waals surface area contributed by atoms with E-state index in [0.717, 1.165) is 49.1 Å². The predicted molar refractivity (Wildman–Crippen MR) is 121 cm³/mol. The SMILES string of the molecule is COC(=O)N1CCC[C@H](c2nc(O)sc2C)[C@@H]1CO[C@H]1CC[C@@H](c2ccccc2)CC1. The minimum atomic E-state index is -0.316. The van der Waals surface area contributed by atoms with Gasteiger partial charge in [0.25, 0.3) is 5.19 Å². The van der Waals surface area contributed by atoms with Gasteiger partial charge < -0.3 is 19.5 Å². The largest absolute Gasteiger partial charge is 0.486 e. The van der Waals surface area contributed by atoms with Crippen molar-refractivity contribution in [1.29, 1.82) is 0 Å². The smallest absolute Gasteiger partial charge is 0.409 e. The molecule has 2 heterocycles. The standard InChI is InChI=1S/C24H32N2O4S/c1-16-22(25-23(27)31-16)20-9-6-14-26(24(28)29-2)21(20)15-30-19-12-10-18(11-13-19)17-7-4-3-5-8-17/h3-5,7-8,18-21H,6,9-15H2,1-2H3,(H,25,27)/t18-,19+,20-,21-/m0/s1. The highest BCUT2D eigenvalue weighted by molar-refractivity contribution is 7.13. The first-order chi connectivity index (χ1) is 15.1. The molecule has 1 aromatic heterocycles. The molecule has 1 aliphatic carbocycles. The number of hydrogen-bond donors (Lipinski definition) is 1. The molecule has 1 amide bonds. The lowest BCUT2D eigenvalue weighted by molar-refractivity contribution is -0.0242. The van der Waals surface area contributed by atoms with Crippen LogP contribution in [0.25, 0.3) is 0 Å². The van der Waals surface area contributed by atoms with Gasteiger partial charge in [0.15, 0.2) is 0 Å². The van der Waals surface area contributed by atoms with Gasteiger partial charge in [-0.1, -0.05) is 41.7 Å². The second-order valence-corrected chi connectivity index (χ2v) is 9.82. The van der Waals surface area contributed by atoms with E-state index >= 15 is 0 Å². The van der Waals surface area contributed by atoms with E-state index in [1.165, 1.54) is 24.0 Å². The van der Waals surface area contributed by atoms with Crippen molar-refractivity contribution >= 4 is 17.4 Å². The molecule has 4 rings (SSSR count). The van der Waals surface area contributed by atoms with Crippen molar-refractivity contribution in [2.75, 3.05) is 20.3 Å². The van der Waals surface area contributed by atoms with E-state index in [1.54, 1.807) is 4.90 Å². The Balaban J connectivity index is 1.42. The number of aromatic nitrogens is 1. The molecule has 0 unspecified atom stereocenters. The molecule has 0 bridgehead atoms. The van der Waals surface area contributed by atoms with Crippen LogP contribution in [0.2, 0.25) is 0 Å². The Hall–Kier alpha value is -2.12. The third-order valence-corrected chi connectivity index (χ3v) is 7.60. The normalized spacial score (nSPS) is 26.6. The number of carbonyl (C=O) groups is 1. The Bertz CT molecular complexity index is 864. The van der Waals surface area contributed by atoms with Crippen LogP contribution in [-0.2, 0) is 9.47 Å². The van der Waals surface area contributed by atoms with Crippen LogP contribution in [-0.4, -0.2) is 53.5 Å². The Kier molecular flexibility index (Phi) is 7.13. The zero-order chi connectivity index (χ0) is 21.8. The van der Waals surface area contributed by atoms with Crippen LogP contribution >= 0.6 is 11.3 Å². The molecular weight excluding hydrogens is 412 g/mol. The van der Waals surface area contributed by atoms with Crippen LogP contribution in [0.1, 0.15) is 66.5 Å². The summed E-state index contributed by atoms with van der Waals surface area (Å²) in [5, 5.41) is 9.98. The van der Waals surface area contributed by atoms with E-state index in [9.17, 15) is 9.90 Å². The Morgan fingerprint density at radius 1 is 1.19 bits per heavy atom. The summed E-state index contributed by atoms with van der Waals surface area (Å²) in [7, 11) is 1.43. The highest BCUT2D eigenvalue weighted by Gasteiger charge is 2.39. The van der Waals surface area contributed by atoms with Crippen LogP contribution in [0.5, 0.6) is 5.19 Å². The van der Waals surface area contributed by atoms with Crippen molar-refractivity contribution in [3.05, 3.63) is 46.5 Å². The van der Waals surface area contributed by atoms with Crippen LogP contribution in [0, 0.1) is 6.92 Å². The molecule has 31 heavy (non-hydrogen) atoms. The van der Waals surface area contributed by atoms with Gasteiger partial charge in [0.2, 0.25) is 0 Å². The maximum absolute atomic E-state index is 12.5. The molecule has 1 saturated carbocycles. The molecule has 0 spiro atoms. The van der Waals surface area contributed by atoms with Crippen molar-refractivity contribution < 1.29 is 19.4 Å². The highest BCUT2D eigenvalue weighted by atomic mass is 32.1. The summed E-state index contributed by atoms with van der Waals surface area (Å²) in [6.45, 7) is 3.11. The van der Waals surface area contributed by atoms with Gasteiger partial charge in [0.1, 0.15) is 0 Å². The number of nitrogens with zero attached hydrogens (tertiary/aromatic N) is 2. The molecule has 168 valence electrons. The number of likely N-dealkylation sites (tertiary alicyclic amines) is 1. The van der Waals surface area contributed by atoms with Gasteiger partial charge >= 0.3 is 6.09 Å². The fourth-order valence-electron chi connectivity index (χ4n) is 5.19. The lowest BCUT2D eigenvalue weighted by Crippen LogP contribution is -2.50. The quantitative estimate of drug-likeness (QED) is 0.685. The molecule has 1 saturated heterocycles. The second-order valence-electron chi connectivity index (χ2n) is 8.64. The van der Waals surface area contributed by atoms with Crippen molar-refractivity contribution in [2.24, 2.45) is 0 Å². The van der Waals surface area contributed by atoms with Gasteiger partial charge in [0, 0.05) is 17.3 Å². The van der Waals surface area contributed by atoms with Crippen LogP contribution in [0.3, 0.4) is 0 Å². The fourth-order valence-corrected chi connectivity index (χ4v) is 5.91. The number of amides is 1. The van der Waals surface area contributed by atoms with E-state index in [-0.39, 0.29) is 29.4 Å². The van der Waals surface area contributed by atoms with E-state index < -0.39 is 0 Å². The monoisotopic (exact) mass is 444 g/mol. The molecule has 2 fully saturated rings. The summed E-state index contributed by atoms with van der Waals surface area (Å²) in [4.78, 5) is 19.7. The van der Waals surface area contributed by atoms with Crippen LogP contribution < -0.4 is 0 Å². The van der Waals surface area contributed by atoms with Gasteiger partial charge in [-0.25, -0.2) is 9.78 Å². The van der Waals surface area contributed by atoms with E-state index in [0.29, 0.717) is 19.1 Å². The fraction of sp³-hybridized carbons (Fsp3) is 0.583. The van der Waals surface area contributed by atoms with Gasteiger partial charge in [-0.15, -0.1) is 0 Å². The predicted octanol–water partition coefficient (Wildman–Crippen LogP) is 5.21. The minimum absolute atomic E-state index is 0.0469. The number of methoxy groups -OCH3 is 1.